The Morgan fingerprint density at radius 3 is 2.55 bits per heavy atom. The molecule has 1 amide bonds. The summed E-state index contributed by atoms with van der Waals surface area (Å²) in [6.45, 7) is 11.2. The van der Waals surface area contributed by atoms with Gasteiger partial charge in [0.2, 0.25) is 5.91 Å². The average molecular weight is 286 g/mol. The third-order valence-corrected chi connectivity index (χ3v) is 3.48. The molecule has 1 saturated carbocycles. The van der Waals surface area contributed by atoms with E-state index in [1.54, 1.807) is 0 Å². The lowest BCUT2D eigenvalue weighted by atomic mass is 9.95. The van der Waals surface area contributed by atoms with Crippen LogP contribution >= 0.6 is 0 Å². The van der Waals surface area contributed by atoms with E-state index in [9.17, 15) is 4.79 Å². The largest absolute Gasteiger partial charge is 0.376 e. The van der Waals surface area contributed by atoms with E-state index in [0.717, 1.165) is 12.8 Å². The SMILES string of the molecule is CC(C)NC1(C(N)=O)CCC(OCCOC(C)(C)C)C1. The van der Waals surface area contributed by atoms with E-state index in [1.165, 1.54) is 0 Å². The van der Waals surface area contributed by atoms with Crippen molar-refractivity contribution >= 4 is 5.91 Å². The van der Waals surface area contributed by atoms with E-state index in [2.05, 4.69) is 5.32 Å². The average Bonchev–Trinajstić information content (AvgIpc) is 2.67. The Hall–Kier alpha value is -0.650. The number of nitrogens with one attached hydrogen (secondary N) is 1. The summed E-state index contributed by atoms with van der Waals surface area (Å²) in [6.07, 6.45) is 2.33. The summed E-state index contributed by atoms with van der Waals surface area (Å²) < 4.78 is 11.4. The molecule has 2 unspecified atom stereocenters. The van der Waals surface area contributed by atoms with Gasteiger partial charge in [-0.25, -0.2) is 0 Å². The van der Waals surface area contributed by atoms with Crippen LogP contribution in [0.3, 0.4) is 0 Å². The van der Waals surface area contributed by atoms with Crippen LogP contribution in [-0.4, -0.2) is 42.4 Å². The number of nitrogens with two attached hydrogens (primary N) is 1. The van der Waals surface area contributed by atoms with Gasteiger partial charge in [0.15, 0.2) is 0 Å². The molecule has 0 spiro atoms. The molecule has 0 radical (unpaired) electrons. The molecule has 3 N–H and O–H groups in total. The fraction of sp³-hybridized carbons (Fsp3) is 0.933. The maximum absolute atomic E-state index is 11.7. The highest BCUT2D eigenvalue weighted by molar-refractivity contribution is 5.85. The van der Waals surface area contributed by atoms with Gasteiger partial charge in [-0.1, -0.05) is 0 Å². The summed E-state index contributed by atoms with van der Waals surface area (Å²) in [5.74, 6) is -0.275. The van der Waals surface area contributed by atoms with Crippen LogP contribution in [0.15, 0.2) is 0 Å². The molecule has 0 bridgehead atoms. The summed E-state index contributed by atoms with van der Waals surface area (Å²) in [5, 5.41) is 3.31. The first-order valence-electron chi connectivity index (χ1n) is 7.48. The molecule has 0 aliphatic heterocycles. The summed E-state index contributed by atoms with van der Waals surface area (Å²) in [6, 6.07) is 0.227. The molecule has 0 heterocycles. The molecule has 5 nitrogen and oxygen atoms in total. The van der Waals surface area contributed by atoms with Gasteiger partial charge < -0.3 is 20.5 Å². The quantitative estimate of drug-likeness (QED) is 0.697. The van der Waals surface area contributed by atoms with Gasteiger partial charge >= 0.3 is 0 Å². The smallest absolute Gasteiger partial charge is 0.237 e. The van der Waals surface area contributed by atoms with E-state index in [4.69, 9.17) is 15.2 Å². The third kappa shape index (κ3) is 5.38. The van der Waals surface area contributed by atoms with E-state index in [1.807, 2.05) is 34.6 Å². The third-order valence-electron chi connectivity index (χ3n) is 3.48. The van der Waals surface area contributed by atoms with Crippen molar-refractivity contribution in [1.82, 2.24) is 5.32 Å². The number of hydrogen-bond donors (Lipinski definition) is 2. The highest BCUT2D eigenvalue weighted by Crippen LogP contribution is 2.32. The van der Waals surface area contributed by atoms with E-state index in [0.29, 0.717) is 19.6 Å². The Morgan fingerprint density at radius 2 is 2.05 bits per heavy atom. The lowest BCUT2D eigenvalue weighted by molar-refractivity contribution is -0.125. The van der Waals surface area contributed by atoms with Crippen molar-refractivity contribution in [2.75, 3.05) is 13.2 Å². The molecule has 2 atom stereocenters. The summed E-state index contributed by atoms with van der Waals surface area (Å²) in [5.41, 5.74) is 4.82. The molecule has 0 aromatic heterocycles. The zero-order valence-electron chi connectivity index (χ0n) is 13.5. The van der Waals surface area contributed by atoms with Crippen LogP contribution in [0.4, 0.5) is 0 Å². The van der Waals surface area contributed by atoms with Gasteiger partial charge in [0.1, 0.15) is 5.54 Å². The monoisotopic (exact) mass is 286 g/mol. The minimum atomic E-state index is -0.607. The molecule has 1 aliphatic carbocycles. The maximum atomic E-state index is 11.7. The minimum Gasteiger partial charge on any atom is -0.376 e. The van der Waals surface area contributed by atoms with Crippen molar-refractivity contribution in [3.63, 3.8) is 0 Å². The molecule has 1 rings (SSSR count). The van der Waals surface area contributed by atoms with Crippen LogP contribution in [0, 0.1) is 0 Å². The molecule has 118 valence electrons. The Morgan fingerprint density at radius 1 is 1.40 bits per heavy atom. The lowest BCUT2D eigenvalue weighted by Gasteiger charge is -2.29. The molecule has 20 heavy (non-hydrogen) atoms. The van der Waals surface area contributed by atoms with Gasteiger partial charge in [-0.15, -0.1) is 0 Å². The minimum absolute atomic E-state index is 0.0809. The lowest BCUT2D eigenvalue weighted by Crippen LogP contribution is -2.56. The van der Waals surface area contributed by atoms with Crippen LogP contribution in [0.1, 0.15) is 53.9 Å². The number of hydrogen-bond acceptors (Lipinski definition) is 4. The van der Waals surface area contributed by atoms with Gasteiger partial charge in [0.25, 0.3) is 0 Å². The van der Waals surface area contributed by atoms with Crippen LogP contribution in [0.25, 0.3) is 0 Å². The second-order valence-electron chi connectivity index (χ2n) is 6.94. The standard InChI is InChI=1S/C15H30N2O3/c1-11(2)17-15(13(16)18)7-6-12(10-15)19-8-9-20-14(3,4)5/h11-12,17H,6-10H2,1-5H3,(H2,16,18). The molecule has 1 aliphatic rings. The first-order valence-corrected chi connectivity index (χ1v) is 7.48. The topological polar surface area (TPSA) is 73.6 Å². The Bertz CT molecular complexity index is 326. The zero-order chi connectivity index (χ0) is 15.4. The number of primary amides is 1. The predicted octanol–water partition coefficient (Wildman–Crippen LogP) is 1.59. The summed E-state index contributed by atoms with van der Waals surface area (Å²) >= 11 is 0. The van der Waals surface area contributed by atoms with Crippen LogP contribution in [-0.2, 0) is 14.3 Å². The van der Waals surface area contributed by atoms with Crippen molar-refractivity contribution in [1.29, 1.82) is 0 Å². The molecular formula is C15H30N2O3. The van der Waals surface area contributed by atoms with Crippen molar-refractivity contribution in [2.24, 2.45) is 5.73 Å². The van der Waals surface area contributed by atoms with Crippen LogP contribution in [0.2, 0.25) is 0 Å². The van der Waals surface area contributed by atoms with Crippen LogP contribution < -0.4 is 11.1 Å². The fourth-order valence-corrected chi connectivity index (χ4v) is 2.68. The number of ether oxygens (including phenoxy) is 2. The molecule has 1 fully saturated rings. The van der Waals surface area contributed by atoms with Crippen molar-refractivity contribution in [3.05, 3.63) is 0 Å². The Kier molecular flexibility index (Phi) is 5.98. The van der Waals surface area contributed by atoms with Gasteiger partial charge in [-0.05, 0) is 47.5 Å². The van der Waals surface area contributed by atoms with Crippen molar-refractivity contribution < 1.29 is 14.3 Å². The first kappa shape index (κ1) is 17.4. The van der Waals surface area contributed by atoms with Crippen LogP contribution in [0.5, 0.6) is 0 Å². The Balaban J connectivity index is 2.39. The van der Waals surface area contributed by atoms with Gasteiger partial charge in [-0.3, -0.25) is 4.79 Å². The molecular weight excluding hydrogens is 256 g/mol. The Labute approximate surface area is 122 Å². The van der Waals surface area contributed by atoms with Crippen molar-refractivity contribution in [3.8, 4) is 0 Å². The van der Waals surface area contributed by atoms with Gasteiger partial charge in [0.05, 0.1) is 24.9 Å². The predicted molar refractivity (Wildman–Crippen MR) is 79.5 cm³/mol. The number of amides is 1. The number of carbonyl (C=O) groups is 1. The first-order chi connectivity index (χ1) is 9.15. The highest BCUT2D eigenvalue weighted by atomic mass is 16.5. The second-order valence-corrected chi connectivity index (χ2v) is 6.94. The van der Waals surface area contributed by atoms with E-state index < -0.39 is 5.54 Å². The van der Waals surface area contributed by atoms with Gasteiger partial charge in [-0.2, -0.15) is 0 Å². The maximum Gasteiger partial charge on any atom is 0.237 e. The summed E-state index contributed by atoms with van der Waals surface area (Å²) in [4.78, 5) is 11.7. The van der Waals surface area contributed by atoms with Crippen molar-refractivity contribution in [2.45, 2.75) is 77.2 Å². The van der Waals surface area contributed by atoms with Gasteiger partial charge in [0, 0.05) is 12.5 Å². The molecule has 0 saturated heterocycles. The van der Waals surface area contributed by atoms with E-state index >= 15 is 0 Å². The number of carbonyl (C=O) groups excluding carboxylic acids is 1. The summed E-state index contributed by atoms with van der Waals surface area (Å²) in [7, 11) is 0. The number of rotatable bonds is 7. The fourth-order valence-electron chi connectivity index (χ4n) is 2.68. The van der Waals surface area contributed by atoms with E-state index in [-0.39, 0.29) is 23.7 Å². The molecule has 0 aromatic carbocycles. The highest BCUT2D eigenvalue weighted by Gasteiger charge is 2.44. The molecule has 5 heteroatoms. The zero-order valence-corrected chi connectivity index (χ0v) is 13.5. The normalized spacial score (nSPS) is 27.2. The molecule has 0 aromatic rings. The second kappa shape index (κ2) is 6.87.